The highest BCUT2D eigenvalue weighted by atomic mass is 16.6. The number of aryl methyl sites for hydroxylation is 1. The van der Waals surface area contributed by atoms with E-state index in [4.69, 9.17) is 4.74 Å². The summed E-state index contributed by atoms with van der Waals surface area (Å²) in [6.45, 7) is 1.92. The van der Waals surface area contributed by atoms with Gasteiger partial charge in [0.2, 0.25) is 5.75 Å². The molecular weight excluding hydrogens is 428 g/mol. The fourth-order valence-corrected chi connectivity index (χ4v) is 2.84. The van der Waals surface area contributed by atoms with Gasteiger partial charge >= 0.3 is 5.69 Å². The maximum atomic E-state index is 12.4. The van der Waals surface area contributed by atoms with Crippen molar-refractivity contribution in [3.63, 3.8) is 0 Å². The van der Waals surface area contributed by atoms with E-state index in [0.717, 1.165) is 17.8 Å². The molecule has 0 spiro atoms. The molecule has 0 fully saturated rings. The number of hydrogen-bond donors (Lipinski definition) is 3. The van der Waals surface area contributed by atoms with E-state index in [2.05, 4.69) is 15.8 Å². The lowest BCUT2D eigenvalue weighted by atomic mass is 10.1. The topological polar surface area (TPSA) is 143 Å². The fourth-order valence-electron chi connectivity index (χ4n) is 2.84. The highest BCUT2D eigenvalue weighted by Gasteiger charge is 2.19. The first-order chi connectivity index (χ1) is 15.8. The van der Waals surface area contributed by atoms with Crippen molar-refractivity contribution in [1.29, 1.82) is 0 Å². The van der Waals surface area contributed by atoms with Gasteiger partial charge in [0.15, 0.2) is 0 Å². The predicted molar refractivity (Wildman–Crippen MR) is 122 cm³/mol. The van der Waals surface area contributed by atoms with Crippen LogP contribution >= 0.6 is 0 Å². The lowest BCUT2D eigenvalue weighted by Crippen LogP contribution is -2.18. The molecule has 3 aromatic carbocycles. The molecular formula is C23H20N4O6. The first kappa shape index (κ1) is 22.9. The Morgan fingerprint density at radius 3 is 2.45 bits per heavy atom. The molecule has 168 valence electrons. The number of methoxy groups -OCH3 is 1. The van der Waals surface area contributed by atoms with Gasteiger partial charge < -0.3 is 15.2 Å². The fraction of sp³-hybridized carbons (Fsp3) is 0.0870. The number of nitro groups is 1. The third kappa shape index (κ3) is 5.70. The number of ether oxygens (including phenoxy) is 1. The summed E-state index contributed by atoms with van der Waals surface area (Å²) < 4.78 is 4.98. The number of hydrogen-bond acceptors (Lipinski definition) is 7. The van der Waals surface area contributed by atoms with Crippen LogP contribution in [0.2, 0.25) is 0 Å². The number of nitro benzene ring substituents is 1. The van der Waals surface area contributed by atoms with Gasteiger partial charge in [-0.3, -0.25) is 19.7 Å². The molecule has 10 nitrogen and oxygen atoms in total. The van der Waals surface area contributed by atoms with Gasteiger partial charge in [-0.05, 0) is 43.3 Å². The molecule has 0 heterocycles. The van der Waals surface area contributed by atoms with Gasteiger partial charge in [-0.25, -0.2) is 5.43 Å². The number of amides is 2. The number of phenolic OH excluding ortho intramolecular Hbond substituents is 1. The van der Waals surface area contributed by atoms with E-state index < -0.39 is 22.3 Å². The molecule has 0 atom stereocenters. The molecule has 3 N–H and O–H groups in total. The molecule has 3 aromatic rings. The summed E-state index contributed by atoms with van der Waals surface area (Å²) in [5.74, 6) is -1.38. The largest absolute Gasteiger partial charge is 0.502 e. The van der Waals surface area contributed by atoms with E-state index >= 15 is 0 Å². The second-order valence-corrected chi connectivity index (χ2v) is 6.94. The van der Waals surface area contributed by atoms with Gasteiger partial charge in [-0.2, -0.15) is 5.10 Å². The van der Waals surface area contributed by atoms with Crippen molar-refractivity contribution in [2.24, 2.45) is 5.10 Å². The molecule has 33 heavy (non-hydrogen) atoms. The average molecular weight is 448 g/mol. The molecule has 0 saturated heterocycles. The van der Waals surface area contributed by atoms with Crippen LogP contribution in [-0.2, 0) is 0 Å². The maximum absolute atomic E-state index is 12.4. The molecule has 0 aromatic heterocycles. The van der Waals surface area contributed by atoms with E-state index in [0.29, 0.717) is 11.3 Å². The normalized spacial score (nSPS) is 10.6. The Kier molecular flexibility index (Phi) is 6.99. The summed E-state index contributed by atoms with van der Waals surface area (Å²) in [6.07, 6.45) is 1.06. The zero-order valence-electron chi connectivity index (χ0n) is 17.7. The molecule has 0 saturated carbocycles. The number of nitrogens with zero attached hydrogens (tertiary/aromatic N) is 2. The molecule has 0 radical (unpaired) electrons. The SMILES string of the molecule is COc1cc(C=NNC(=O)c2cccc(NC(=O)c3ccc(C)cc3)c2)c(O)c([N+](=O)[O-])c1. The molecule has 2 amide bonds. The third-order valence-corrected chi connectivity index (χ3v) is 4.59. The quantitative estimate of drug-likeness (QED) is 0.286. The van der Waals surface area contributed by atoms with Crippen molar-refractivity contribution in [1.82, 2.24) is 5.43 Å². The van der Waals surface area contributed by atoms with Gasteiger partial charge in [-0.15, -0.1) is 0 Å². The van der Waals surface area contributed by atoms with E-state index in [1.165, 1.54) is 25.3 Å². The molecule has 0 aliphatic rings. The van der Waals surface area contributed by atoms with Crippen LogP contribution in [0.1, 0.15) is 31.8 Å². The molecule has 0 unspecified atom stereocenters. The number of nitrogens with one attached hydrogen (secondary N) is 2. The number of carbonyl (C=O) groups is 2. The predicted octanol–water partition coefficient (Wildman–Crippen LogP) is 3.63. The number of hydrazone groups is 1. The van der Waals surface area contributed by atoms with Crippen molar-refractivity contribution >= 4 is 29.4 Å². The Balaban J connectivity index is 1.71. The Hall–Kier alpha value is -4.73. The first-order valence-electron chi connectivity index (χ1n) is 9.65. The summed E-state index contributed by atoms with van der Waals surface area (Å²) >= 11 is 0. The van der Waals surface area contributed by atoms with E-state index in [1.54, 1.807) is 24.3 Å². The Morgan fingerprint density at radius 1 is 1.06 bits per heavy atom. The molecule has 0 bridgehead atoms. The number of phenols is 1. The van der Waals surface area contributed by atoms with Gasteiger partial charge in [0.1, 0.15) is 5.75 Å². The van der Waals surface area contributed by atoms with E-state index in [9.17, 15) is 24.8 Å². The van der Waals surface area contributed by atoms with Gasteiger partial charge in [-0.1, -0.05) is 23.8 Å². The van der Waals surface area contributed by atoms with Crippen LogP contribution in [0.3, 0.4) is 0 Å². The minimum atomic E-state index is -0.760. The second kappa shape index (κ2) is 10.1. The lowest BCUT2D eigenvalue weighted by molar-refractivity contribution is -0.385. The first-order valence-corrected chi connectivity index (χ1v) is 9.65. The Morgan fingerprint density at radius 2 is 1.79 bits per heavy atom. The number of rotatable bonds is 7. The van der Waals surface area contributed by atoms with Crippen LogP contribution in [-0.4, -0.2) is 35.2 Å². The van der Waals surface area contributed by atoms with Gasteiger partial charge in [0.25, 0.3) is 11.8 Å². The average Bonchev–Trinajstić information content (AvgIpc) is 2.80. The van der Waals surface area contributed by atoms with E-state index in [1.807, 2.05) is 19.1 Å². The van der Waals surface area contributed by atoms with Crippen LogP contribution in [0.15, 0.2) is 65.8 Å². The third-order valence-electron chi connectivity index (χ3n) is 4.59. The molecule has 0 aliphatic carbocycles. The van der Waals surface area contributed by atoms with Crippen molar-refractivity contribution in [2.45, 2.75) is 6.92 Å². The van der Waals surface area contributed by atoms with Crippen LogP contribution in [0.25, 0.3) is 0 Å². The van der Waals surface area contributed by atoms with Crippen molar-refractivity contribution in [3.8, 4) is 11.5 Å². The van der Waals surface area contributed by atoms with Crippen molar-refractivity contribution < 1.29 is 24.4 Å². The van der Waals surface area contributed by atoms with Crippen LogP contribution < -0.4 is 15.5 Å². The monoisotopic (exact) mass is 448 g/mol. The summed E-state index contributed by atoms with van der Waals surface area (Å²) in [7, 11) is 1.32. The number of carbonyl (C=O) groups excluding carboxylic acids is 2. The Labute approximate surface area is 188 Å². The second-order valence-electron chi connectivity index (χ2n) is 6.94. The highest BCUT2D eigenvalue weighted by molar-refractivity contribution is 6.05. The smallest absolute Gasteiger partial charge is 0.315 e. The number of benzene rings is 3. The number of anilines is 1. The minimum absolute atomic E-state index is 0.0135. The molecule has 0 aliphatic heterocycles. The summed E-state index contributed by atoms with van der Waals surface area (Å²) in [5, 5.41) is 27.6. The van der Waals surface area contributed by atoms with Gasteiger partial charge in [0, 0.05) is 22.4 Å². The van der Waals surface area contributed by atoms with Crippen LogP contribution in [0, 0.1) is 17.0 Å². The van der Waals surface area contributed by atoms with Crippen molar-refractivity contribution in [3.05, 3.63) is 93.0 Å². The van der Waals surface area contributed by atoms with Crippen molar-refractivity contribution in [2.75, 3.05) is 12.4 Å². The van der Waals surface area contributed by atoms with Gasteiger partial charge in [0.05, 0.1) is 24.3 Å². The summed E-state index contributed by atoms with van der Waals surface area (Å²) in [5.41, 5.74) is 3.85. The Bertz CT molecular complexity index is 1240. The summed E-state index contributed by atoms with van der Waals surface area (Å²) in [6, 6.07) is 15.7. The zero-order valence-corrected chi connectivity index (χ0v) is 17.7. The van der Waals surface area contributed by atoms with Crippen LogP contribution in [0.4, 0.5) is 11.4 Å². The maximum Gasteiger partial charge on any atom is 0.315 e. The zero-order chi connectivity index (χ0) is 24.0. The molecule has 10 heteroatoms. The summed E-state index contributed by atoms with van der Waals surface area (Å²) in [4.78, 5) is 35.1. The highest BCUT2D eigenvalue weighted by Crippen LogP contribution is 2.33. The molecule has 3 rings (SSSR count). The van der Waals surface area contributed by atoms with E-state index in [-0.39, 0.29) is 22.8 Å². The lowest BCUT2D eigenvalue weighted by Gasteiger charge is -2.07. The standard InChI is InChI=1S/C23H20N4O6/c1-14-6-8-15(9-7-14)22(29)25-18-5-3-4-16(10-18)23(30)26-24-13-17-11-19(33-2)12-20(21(17)28)27(31)32/h3-13,28H,1-2H3,(H,25,29)(H,26,30). The minimum Gasteiger partial charge on any atom is -0.502 e. The number of aromatic hydroxyl groups is 1. The van der Waals surface area contributed by atoms with Crippen LogP contribution in [0.5, 0.6) is 11.5 Å².